The summed E-state index contributed by atoms with van der Waals surface area (Å²) in [5, 5.41) is 13.7. The molecule has 12 heteroatoms. The van der Waals surface area contributed by atoms with Crippen LogP contribution in [0.25, 0.3) is 11.1 Å². The van der Waals surface area contributed by atoms with Gasteiger partial charge in [-0.15, -0.1) is 0 Å². The predicted molar refractivity (Wildman–Crippen MR) is 111 cm³/mol. The van der Waals surface area contributed by atoms with Crippen LogP contribution in [0.3, 0.4) is 0 Å². The second kappa shape index (κ2) is 8.71. The molecule has 2 aromatic carbocycles. The van der Waals surface area contributed by atoms with Crippen LogP contribution in [0.2, 0.25) is 0 Å². The Morgan fingerprint density at radius 2 is 2.07 bits per heavy atom. The maximum atomic E-state index is 12.3. The van der Waals surface area contributed by atoms with Crippen LogP contribution >= 0.6 is 11.8 Å². The molecule has 0 fully saturated rings. The number of anilines is 1. The van der Waals surface area contributed by atoms with E-state index in [4.69, 9.17) is 9.15 Å². The zero-order valence-corrected chi connectivity index (χ0v) is 17.6. The minimum atomic E-state index is -3.37. The number of benzene rings is 2. The smallest absolute Gasteiger partial charge is 0.271 e. The maximum Gasteiger partial charge on any atom is 0.271 e. The third-order valence-electron chi connectivity index (χ3n) is 4.07. The van der Waals surface area contributed by atoms with E-state index < -0.39 is 20.7 Å². The van der Waals surface area contributed by atoms with Crippen molar-refractivity contribution >= 4 is 50.0 Å². The van der Waals surface area contributed by atoms with Crippen molar-refractivity contribution in [1.82, 2.24) is 4.98 Å². The number of aromatic nitrogens is 1. The van der Waals surface area contributed by atoms with Crippen LogP contribution in [0, 0.1) is 10.1 Å². The summed E-state index contributed by atoms with van der Waals surface area (Å²) in [6.45, 7) is 1.55. The highest BCUT2D eigenvalue weighted by molar-refractivity contribution is 7.99. The second-order valence-electron chi connectivity index (χ2n) is 5.99. The van der Waals surface area contributed by atoms with Gasteiger partial charge in [0.2, 0.25) is 5.91 Å². The number of methoxy groups -OCH3 is 1. The Balaban J connectivity index is 1.71. The largest absolute Gasteiger partial charge is 0.495 e. The summed E-state index contributed by atoms with van der Waals surface area (Å²) in [5.41, 5.74) is 0.751. The molecule has 0 aliphatic heterocycles. The molecule has 1 heterocycles. The van der Waals surface area contributed by atoms with Crippen LogP contribution in [0.1, 0.15) is 6.92 Å². The number of non-ortho nitro benzene ring substituents is 1. The average molecular weight is 451 g/mol. The van der Waals surface area contributed by atoms with E-state index in [9.17, 15) is 23.3 Å². The molecule has 0 spiro atoms. The SMILES string of the molecule is CCS(=O)(=O)c1ccc2oc(SCC(=O)Nc3cc([N+](=O)[O-])ccc3OC)nc2c1. The van der Waals surface area contributed by atoms with Gasteiger partial charge in [-0.3, -0.25) is 14.9 Å². The molecule has 0 aliphatic carbocycles. The number of carbonyl (C=O) groups excluding carboxylic acids is 1. The van der Waals surface area contributed by atoms with Crippen molar-refractivity contribution in [2.24, 2.45) is 0 Å². The van der Waals surface area contributed by atoms with Crippen molar-refractivity contribution in [3.63, 3.8) is 0 Å². The average Bonchev–Trinajstić information content (AvgIpc) is 3.14. The van der Waals surface area contributed by atoms with Crippen LogP contribution in [-0.2, 0) is 14.6 Å². The van der Waals surface area contributed by atoms with E-state index in [1.165, 1.54) is 43.5 Å². The Labute approximate surface area is 175 Å². The molecule has 0 radical (unpaired) electrons. The summed E-state index contributed by atoms with van der Waals surface area (Å²) in [5.74, 6) is -0.279. The van der Waals surface area contributed by atoms with Gasteiger partial charge in [-0.1, -0.05) is 18.7 Å². The summed E-state index contributed by atoms with van der Waals surface area (Å²) in [7, 11) is -1.98. The zero-order chi connectivity index (χ0) is 21.9. The Bertz CT molecular complexity index is 1220. The van der Waals surface area contributed by atoms with Crippen molar-refractivity contribution in [2.75, 3.05) is 23.9 Å². The summed E-state index contributed by atoms with van der Waals surface area (Å²) in [6.07, 6.45) is 0. The quantitative estimate of drug-likeness (QED) is 0.310. The number of ether oxygens (including phenoxy) is 1. The molecule has 0 bridgehead atoms. The Morgan fingerprint density at radius 3 is 2.73 bits per heavy atom. The molecular formula is C18H17N3O7S2. The van der Waals surface area contributed by atoms with E-state index >= 15 is 0 Å². The van der Waals surface area contributed by atoms with Gasteiger partial charge in [0.05, 0.1) is 34.1 Å². The van der Waals surface area contributed by atoms with E-state index in [1.54, 1.807) is 6.92 Å². The van der Waals surface area contributed by atoms with E-state index in [0.717, 1.165) is 11.8 Å². The number of fused-ring (bicyclic) bond motifs is 1. The number of nitrogens with zero attached hydrogens (tertiary/aromatic N) is 2. The monoisotopic (exact) mass is 451 g/mol. The molecule has 1 aromatic heterocycles. The minimum absolute atomic E-state index is 0.0285. The lowest BCUT2D eigenvalue weighted by Crippen LogP contribution is -2.14. The molecule has 0 saturated heterocycles. The van der Waals surface area contributed by atoms with E-state index in [0.29, 0.717) is 11.1 Å². The molecule has 158 valence electrons. The number of oxazole rings is 1. The molecule has 3 aromatic rings. The lowest BCUT2D eigenvalue weighted by Gasteiger charge is -2.09. The first-order valence-electron chi connectivity index (χ1n) is 8.62. The normalized spacial score (nSPS) is 11.4. The third-order valence-corrected chi connectivity index (χ3v) is 6.63. The number of nitro benzene ring substituents is 1. The number of hydrogen-bond donors (Lipinski definition) is 1. The summed E-state index contributed by atoms with van der Waals surface area (Å²) < 4.78 is 34.6. The Kier molecular flexibility index (Phi) is 6.27. The number of nitrogens with one attached hydrogen (secondary N) is 1. The van der Waals surface area contributed by atoms with Gasteiger partial charge in [-0.25, -0.2) is 13.4 Å². The first-order chi connectivity index (χ1) is 14.2. The van der Waals surface area contributed by atoms with Gasteiger partial charge in [0.15, 0.2) is 15.4 Å². The fourth-order valence-electron chi connectivity index (χ4n) is 2.53. The first-order valence-corrected chi connectivity index (χ1v) is 11.3. The second-order valence-corrected chi connectivity index (χ2v) is 9.20. The molecule has 30 heavy (non-hydrogen) atoms. The molecule has 1 N–H and O–H groups in total. The van der Waals surface area contributed by atoms with Crippen molar-refractivity contribution in [1.29, 1.82) is 0 Å². The molecule has 3 rings (SSSR count). The summed E-state index contributed by atoms with van der Waals surface area (Å²) >= 11 is 1.00. The minimum Gasteiger partial charge on any atom is -0.495 e. The van der Waals surface area contributed by atoms with Gasteiger partial charge < -0.3 is 14.5 Å². The van der Waals surface area contributed by atoms with Gasteiger partial charge in [0.1, 0.15) is 11.3 Å². The molecule has 0 aliphatic rings. The molecular weight excluding hydrogens is 434 g/mol. The molecule has 0 unspecified atom stereocenters. The van der Waals surface area contributed by atoms with Gasteiger partial charge >= 0.3 is 0 Å². The molecule has 0 saturated carbocycles. The van der Waals surface area contributed by atoms with Crippen molar-refractivity contribution in [2.45, 2.75) is 17.0 Å². The fraction of sp³-hybridized carbons (Fsp3) is 0.222. The summed E-state index contributed by atoms with van der Waals surface area (Å²) in [4.78, 5) is 27.0. The fourth-order valence-corrected chi connectivity index (χ4v) is 4.07. The highest BCUT2D eigenvalue weighted by atomic mass is 32.2. The zero-order valence-electron chi connectivity index (χ0n) is 15.9. The lowest BCUT2D eigenvalue weighted by atomic mass is 10.2. The van der Waals surface area contributed by atoms with Crippen molar-refractivity contribution in [3.05, 3.63) is 46.5 Å². The molecule has 10 nitrogen and oxygen atoms in total. The first kappa shape index (κ1) is 21.6. The third kappa shape index (κ3) is 4.71. The maximum absolute atomic E-state index is 12.3. The van der Waals surface area contributed by atoms with Crippen LogP contribution < -0.4 is 10.1 Å². The van der Waals surface area contributed by atoms with Crippen molar-refractivity contribution in [3.8, 4) is 5.75 Å². The Morgan fingerprint density at radius 1 is 1.30 bits per heavy atom. The number of carbonyl (C=O) groups is 1. The Hall–Kier alpha value is -3.12. The summed E-state index contributed by atoms with van der Waals surface area (Å²) in [6, 6.07) is 8.26. The standard InChI is InChI=1S/C18H17N3O7S2/c1-3-30(25,26)12-5-7-16-14(9-12)20-18(28-16)29-10-17(22)19-13-8-11(21(23)24)4-6-15(13)27-2/h4-9H,3,10H2,1-2H3,(H,19,22). The van der Waals surface area contributed by atoms with E-state index in [2.05, 4.69) is 10.3 Å². The van der Waals surface area contributed by atoms with Crippen LogP contribution in [0.5, 0.6) is 5.75 Å². The van der Waals surface area contributed by atoms with Crippen LogP contribution in [-0.4, -0.2) is 42.8 Å². The number of amides is 1. The highest BCUT2D eigenvalue weighted by Gasteiger charge is 2.17. The van der Waals surface area contributed by atoms with E-state index in [1.807, 2.05) is 0 Å². The van der Waals surface area contributed by atoms with Crippen molar-refractivity contribution < 1.29 is 27.3 Å². The van der Waals surface area contributed by atoms with Gasteiger partial charge in [0, 0.05) is 12.1 Å². The topological polar surface area (TPSA) is 142 Å². The number of nitro groups is 1. The number of rotatable bonds is 8. The van der Waals surface area contributed by atoms with E-state index in [-0.39, 0.29) is 38.7 Å². The van der Waals surface area contributed by atoms with Crippen LogP contribution in [0.4, 0.5) is 11.4 Å². The predicted octanol–water partition coefficient (Wildman–Crippen LogP) is 3.27. The highest BCUT2D eigenvalue weighted by Crippen LogP contribution is 2.30. The number of thioether (sulfide) groups is 1. The number of hydrogen-bond acceptors (Lipinski definition) is 9. The van der Waals surface area contributed by atoms with Gasteiger partial charge in [0.25, 0.3) is 10.9 Å². The van der Waals surface area contributed by atoms with Gasteiger partial charge in [-0.05, 0) is 24.3 Å². The lowest BCUT2D eigenvalue weighted by molar-refractivity contribution is -0.384. The molecule has 0 atom stereocenters. The van der Waals surface area contributed by atoms with Crippen LogP contribution in [0.15, 0.2) is 50.9 Å². The number of sulfone groups is 1. The molecule has 1 amide bonds. The van der Waals surface area contributed by atoms with Gasteiger partial charge in [-0.2, -0.15) is 0 Å².